The number of aliphatic hydroxyl groups is 1. The molecule has 0 aliphatic carbocycles. The molecule has 0 amide bonds. The predicted octanol–water partition coefficient (Wildman–Crippen LogP) is 0.539. The van der Waals surface area contributed by atoms with E-state index < -0.39 is 36.4 Å². The zero-order valence-electron chi connectivity index (χ0n) is 10.5. The molecule has 19 heavy (non-hydrogen) atoms. The summed E-state index contributed by atoms with van der Waals surface area (Å²) in [6.45, 7) is 0.877. The number of aliphatic hydroxyl groups excluding tert-OH is 1. The average Bonchev–Trinajstić information content (AvgIpc) is 2.60. The van der Waals surface area contributed by atoms with Crippen LogP contribution in [0.3, 0.4) is 0 Å². The summed E-state index contributed by atoms with van der Waals surface area (Å²) in [4.78, 5) is 14.2. The van der Waals surface area contributed by atoms with Crippen molar-refractivity contribution < 1.29 is 19.0 Å². The van der Waals surface area contributed by atoms with E-state index in [2.05, 4.69) is 4.98 Å². The Morgan fingerprint density at radius 1 is 1.74 bits per heavy atom. The van der Waals surface area contributed by atoms with Crippen LogP contribution >= 0.6 is 12.2 Å². The molecule has 1 aromatic rings. The molecule has 4 atom stereocenters. The molecule has 1 unspecified atom stereocenters. The van der Waals surface area contributed by atoms with Crippen LogP contribution in [0.25, 0.3) is 0 Å². The minimum atomic E-state index is -1.96. The predicted molar refractivity (Wildman–Crippen MR) is 67.2 cm³/mol. The number of nitrogens with one attached hydrogen (secondary N) is 1. The van der Waals surface area contributed by atoms with Crippen molar-refractivity contribution >= 4 is 12.2 Å². The van der Waals surface area contributed by atoms with E-state index in [1.807, 2.05) is 0 Å². The second-order valence-electron chi connectivity index (χ2n) is 4.53. The van der Waals surface area contributed by atoms with Crippen molar-refractivity contribution in [3.05, 3.63) is 27.4 Å². The van der Waals surface area contributed by atoms with Crippen molar-refractivity contribution in [2.45, 2.75) is 31.0 Å². The van der Waals surface area contributed by atoms with E-state index in [-0.39, 0.29) is 4.64 Å². The normalized spacial score (nSPS) is 34.6. The van der Waals surface area contributed by atoms with Crippen molar-refractivity contribution in [3.63, 3.8) is 0 Å². The highest BCUT2D eigenvalue weighted by molar-refractivity contribution is 7.71. The summed E-state index contributed by atoms with van der Waals surface area (Å²) in [6, 6.07) is 1.46. The molecule has 8 heteroatoms. The smallest absolute Gasteiger partial charge is 0.328 e. The van der Waals surface area contributed by atoms with Crippen LogP contribution in [-0.4, -0.2) is 46.3 Å². The van der Waals surface area contributed by atoms with E-state index in [0.29, 0.717) is 0 Å². The molecular formula is C11H15FN2O4S. The van der Waals surface area contributed by atoms with Gasteiger partial charge in [-0.05, 0) is 13.0 Å². The van der Waals surface area contributed by atoms with Crippen LogP contribution in [0, 0.1) is 4.64 Å². The maximum atomic E-state index is 14.8. The Hall–Kier alpha value is -1.09. The van der Waals surface area contributed by atoms with E-state index in [4.69, 9.17) is 21.7 Å². The van der Waals surface area contributed by atoms with Gasteiger partial charge in [-0.25, -0.2) is 9.18 Å². The molecule has 1 fully saturated rings. The molecule has 1 saturated heterocycles. The van der Waals surface area contributed by atoms with Crippen LogP contribution < -0.4 is 5.69 Å². The molecule has 106 valence electrons. The number of hydrogen-bond acceptors (Lipinski definition) is 5. The van der Waals surface area contributed by atoms with Crippen molar-refractivity contribution in [2.75, 3.05) is 13.7 Å². The Labute approximate surface area is 113 Å². The van der Waals surface area contributed by atoms with Gasteiger partial charge in [-0.3, -0.25) is 9.55 Å². The van der Waals surface area contributed by atoms with Crippen molar-refractivity contribution in [2.24, 2.45) is 0 Å². The van der Waals surface area contributed by atoms with Gasteiger partial charge in [-0.15, -0.1) is 0 Å². The first kappa shape index (κ1) is 14.3. The lowest BCUT2D eigenvalue weighted by molar-refractivity contribution is -0.0612. The van der Waals surface area contributed by atoms with Gasteiger partial charge in [0.1, 0.15) is 16.8 Å². The molecule has 2 rings (SSSR count). The maximum absolute atomic E-state index is 14.8. The Kier molecular flexibility index (Phi) is 3.86. The highest BCUT2D eigenvalue weighted by Gasteiger charge is 2.56. The third-order valence-corrected chi connectivity index (χ3v) is 3.46. The number of nitrogens with zero attached hydrogens (tertiary/aromatic N) is 1. The molecule has 0 spiro atoms. The summed E-state index contributed by atoms with van der Waals surface area (Å²) in [5.74, 6) is 0. The summed E-state index contributed by atoms with van der Waals surface area (Å²) < 4.78 is 26.5. The van der Waals surface area contributed by atoms with Gasteiger partial charge in [0.05, 0.1) is 6.61 Å². The van der Waals surface area contributed by atoms with Crippen molar-refractivity contribution in [1.82, 2.24) is 9.55 Å². The first-order valence-corrected chi connectivity index (χ1v) is 6.12. The van der Waals surface area contributed by atoms with E-state index in [0.717, 1.165) is 4.57 Å². The molecule has 1 aromatic heterocycles. The van der Waals surface area contributed by atoms with Crippen LogP contribution in [0.2, 0.25) is 0 Å². The third-order valence-electron chi connectivity index (χ3n) is 3.22. The van der Waals surface area contributed by atoms with E-state index in [1.54, 1.807) is 0 Å². The highest BCUT2D eigenvalue weighted by Crippen LogP contribution is 2.41. The second-order valence-corrected chi connectivity index (χ2v) is 4.97. The number of halogens is 1. The fraction of sp³-hybridized carbons (Fsp3) is 0.636. The highest BCUT2D eigenvalue weighted by atomic mass is 32.1. The maximum Gasteiger partial charge on any atom is 0.328 e. The summed E-state index contributed by atoms with van der Waals surface area (Å²) in [7, 11) is 1.33. The number of aromatic nitrogens is 2. The van der Waals surface area contributed by atoms with Crippen LogP contribution in [0.5, 0.6) is 0 Å². The number of ether oxygens (including phenoxy) is 2. The lowest BCUT2D eigenvalue weighted by atomic mass is 9.98. The quantitative estimate of drug-likeness (QED) is 0.795. The minimum Gasteiger partial charge on any atom is -0.394 e. The van der Waals surface area contributed by atoms with Crippen LogP contribution in [0.1, 0.15) is 13.2 Å². The second kappa shape index (κ2) is 5.12. The molecular weight excluding hydrogens is 275 g/mol. The number of rotatable bonds is 3. The lowest BCUT2D eigenvalue weighted by Crippen LogP contribution is -2.43. The molecule has 0 saturated carbocycles. The van der Waals surface area contributed by atoms with Gasteiger partial charge in [0, 0.05) is 13.3 Å². The molecule has 6 nitrogen and oxygen atoms in total. The van der Waals surface area contributed by atoms with Gasteiger partial charge in [0.15, 0.2) is 11.9 Å². The molecule has 2 N–H and O–H groups in total. The average molecular weight is 290 g/mol. The fourth-order valence-electron chi connectivity index (χ4n) is 2.34. The molecule has 0 aromatic carbocycles. The lowest BCUT2D eigenvalue weighted by Gasteiger charge is -2.26. The molecule has 0 bridgehead atoms. The molecule has 1 aliphatic heterocycles. The van der Waals surface area contributed by atoms with E-state index in [1.165, 1.54) is 26.3 Å². The van der Waals surface area contributed by atoms with Crippen LogP contribution in [-0.2, 0) is 9.47 Å². The first-order valence-electron chi connectivity index (χ1n) is 5.71. The molecule has 0 radical (unpaired) electrons. The minimum absolute atomic E-state index is 0.252. The largest absolute Gasteiger partial charge is 0.394 e. The number of H-pyrrole nitrogens is 1. The first-order chi connectivity index (χ1) is 8.91. The van der Waals surface area contributed by atoms with Gasteiger partial charge < -0.3 is 14.6 Å². The van der Waals surface area contributed by atoms with Gasteiger partial charge >= 0.3 is 5.69 Å². The summed E-state index contributed by atoms with van der Waals surface area (Å²) in [6.07, 6.45) is -1.62. The molecule has 2 heterocycles. The zero-order chi connectivity index (χ0) is 14.2. The number of aromatic amines is 1. The topological polar surface area (TPSA) is 76.5 Å². The van der Waals surface area contributed by atoms with Crippen LogP contribution in [0.15, 0.2) is 17.1 Å². The number of hydrogen-bond donors (Lipinski definition) is 2. The monoisotopic (exact) mass is 290 g/mol. The Morgan fingerprint density at radius 3 is 2.89 bits per heavy atom. The van der Waals surface area contributed by atoms with E-state index in [9.17, 15) is 14.3 Å². The Morgan fingerprint density at radius 2 is 2.42 bits per heavy atom. The number of methoxy groups -OCH3 is 1. The Bertz CT molecular complexity index is 570. The van der Waals surface area contributed by atoms with Crippen molar-refractivity contribution in [3.8, 4) is 0 Å². The standard InChI is InChI=1S/C11H15FN2O4S/c1-11(12)8(17-2)6(5-15)18-9(11)14-4-3-7(19)13-10(14)16/h3-4,6,8-9,15H,5H2,1-2H3,(H,13,16,19)/t6-,8+,9-,11?/m1/s1. The Balaban J connectivity index is 2.45. The van der Waals surface area contributed by atoms with Gasteiger partial charge in [0.25, 0.3) is 0 Å². The van der Waals surface area contributed by atoms with Gasteiger partial charge in [-0.1, -0.05) is 12.2 Å². The zero-order valence-corrected chi connectivity index (χ0v) is 11.3. The summed E-state index contributed by atoms with van der Waals surface area (Å²) in [5.41, 5.74) is -2.53. The molecule has 1 aliphatic rings. The summed E-state index contributed by atoms with van der Waals surface area (Å²) >= 11 is 4.81. The number of alkyl halides is 1. The SMILES string of the molecule is CO[C@H]1[C@@H](CO)O[C@@H](n2ccc(=S)[nH]c2=O)C1(C)F. The van der Waals surface area contributed by atoms with Crippen LogP contribution in [0.4, 0.5) is 4.39 Å². The van der Waals surface area contributed by atoms with Gasteiger partial charge in [-0.2, -0.15) is 0 Å². The van der Waals surface area contributed by atoms with Crippen molar-refractivity contribution in [1.29, 1.82) is 0 Å². The third kappa shape index (κ3) is 2.36. The van der Waals surface area contributed by atoms with E-state index >= 15 is 0 Å². The van der Waals surface area contributed by atoms with Gasteiger partial charge in [0.2, 0.25) is 0 Å². The fourth-order valence-corrected chi connectivity index (χ4v) is 2.49. The summed E-state index contributed by atoms with van der Waals surface area (Å²) in [5, 5.41) is 9.19.